The highest BCUT2D eigenvalue weighted by atomic mass is 16.6. The standard InChI is InChI=1S/C21H23N3O6/c1-29-18-7-6-14(10-19(18)30-2)8-9-23-13-15(11-20(23)25)21(26)22-16-4-3-5-17(12-16)24(27)28/h3-7,10,12,15H,8-9,11,13H2,1-2H3,(H,22,26). The molecule has 0 aromatic heterocycles. The first-order valence-electron chi connectivity index (χ1n) is 9.45. The molecule has 0 bridgehead atoms. The first kappa shape index (κ1) is 21.1. The summed E-state index contributed by atoms with van der Waals surface area (Å²) in [7, 11) is 3.13. The Morgan fingerprint density at radius 2 is 1.97 bits per heavy atom. The number of carbonyl (C=O) groups is 2. The minimum Gasteiger partial charge on any atom is -0.493 e. The van der Waals surface area contributed by atoms with Crippen LogP contribution < -0.4 is 14.8 Å². The van der Waals surface area contributed by atoms with Crippen molar-refractivity contribution in [3.05, 3.63) is 58.1 Å². The van der Waals surface area contributed by atoms with E-state index in [2.05, 4.69) is 5.32 Å². The summed E-state index contributed by atoms with van der Waals surface area (Å²) >= 11 is 0. The highest BCUT2D eigenvalue weighted by Gasteiger charge is 2.34. The van der Waals surface area contributed by atoms with Crippen molar-refractivity contribution in [1.29, 1.82) is 0 Å². The number of hydrogen-bond donors (Lipinski definition) is 1. The summed E-state index contributed by atoms with van der Waals surface area (Å²) in [5.41, 5.74) is 1.22. The summed E-state index contributed by atoms with van der Waals surface area (Å²) in [5.74, 6) is 0.350. The lowest BCUT2D eigenvalue weighted by atomic mass is 10.1. The van der Waals surface area contributed by atoms with E-state index in [0.29, 0.717) is 36.7 Å². The maximum atomic E-state index is 12.5. The maximum Gasteiger partial charge on any atom is 0.271 e. The molecule has 3 rings (SSSR count). The van der Waals surface area contributed by atoms with E-state index in [-0.39, 0.29) is 23.9 Å². The molecule has 1 saturated heterocycles. The van der Waals surface area contributed by atoms with Crippen LogP contribution in [0, 0.1) is 16.0 Å². The molecular weight excluding hydrogens is 390 g/mol. The molecule has 9 heteroatoms. The minimum atomic E-state index is -0.523. The van der Waals surface area contributed by atoms with Crippen LogP contribution in [0.25, 0.3) is 0 Å². The van der Waals surface area contributed by atoms with Crippen molar-refractivity contribution in [2.24, 2.45) is 5.92 Å². The van der Waals surface area contributed by atoms with Gasteiger partial charge in [0.25, 0.3) is 5.69 Å². The van der Waals surface area contributed by atoms with E-state index >= 15 is 0 Å². The highest BCUT2D eigenvalue weighted by Crippen LogP contribution is 2.28. The van der Waals surface area contributed by atoms with Gasteiger partial charge in [-0.05, 0) is 30.2 Å². The number of likely N-dealkylation sites (tertiary alicyclic amines) is 1. The molecule has 1 aliphatic heterocycles. The number of carbonyl (C=O) groups excluding carboxylic acids is 2. The Morgan fingerprint density at radius 3 is 2.67 bits per heavy atom. The van der Waals surface area contributed by atoms with Crippen molar-refractivity contribution in [3.8, 4) is 11.5 Å². The molecule has 0 radical (unpaired) electrons. The van der Waals surface area contributed by atoms with Gasteiger partial charge in [-0.25, -0.2) is 0 Å². The van der Waals surface area contributed by atoms with E-state index < -0.39 is 10.8 Å². The van der Waals surface area contributed by atoms with Gasteiger partial charge in [0.2, 0.25) is 11.8 Å². The van der Waals surface area contributed by atoms with Gasteiger partial charge in [-0.2, -0.15) is 0 Å². The molecule has 30 heavy (non-hydrogen) atoms. The molecule has 0 spiro atoms. The molecule has 0 aliphatic carbocycles. The number of nitrogens with zero attached hydrogens (tertiary/aromatic N) is 2. The summed E-state index contributed by atoms with van der Waals surface area (Å²) in [6, 6.07) is 11.3. The first-order chi connectivity index (χ1) is 14.4. The van der Waals surface area contributed by atoms with Crippen molar-refractivity contribution in [2.75, 3.05) is 32.6 Å². The van der Waals surface area contributed by atoms with Crippen molar-refractivity contribution >= 4 is 23.2 Å². The molecule has 158 valence electrons. The number of non-ortho nitro benzene ring substituents is 1. The van der Waals surface area contributed by atoms with Crippen LogP contribution in [0.15, 0.2) is 42.5 Å². The maximum absolute atomic E-state index is 12.5. The van der Waals surface area contributed by atoms with Gasteiger partial charge >= 0.3 is 0 Å². The zero-order valence-electron chi connectivity index (χ0n) is 16.8. The second kappa shape index (κ2) is 9.25. The number of nitrogens with one attached hydrogen (secondary N) is 1. The fraction of sp³-hybridized carbons (Fsp3) is 0.333. The second-order valence-corrected chi connectivity index (χ2v) is 6.98. The van der Waals surface area contributed by atoms with Crippen LogP contribution in [0.1, 0.15) is 12.0 Å². The molecule has 9 nitrogen and oxygen atoms in total. The summed E-state index contributed by atoms with van der Waals surface area (Å²) < 4.78 is 10.5. The van der Waals surface area contributed by atoms with E-state index in [9.17, 15) is 19.7 Å². The molecule has 0 saturated carbocycles. The number of anilines is 1. The van der Waals surface area contributed by atoms with Crippen LogP contribution in [0.5, 0.6) is 11.5 Å². The number of benzene rings is 2. The summed E-state index contributed by atoms with van der Waals surface area (Å²) in [6.45, 7) is 0.793. The van der Waals surface area contributed by atoms with Crippen LogP contribution in [-0.2, 0) is 16.0 Å². The van der Waals surface area contributed by atoms with Crippen molar-refractivity contribution in [3.63, 3.8) is 0 Å². The third-order valence-electron chi connectivity index (χ3n) is 5.03. The number of hydrogen-bond acceptors (Lipinski definition) is 6. The van der Waals surface area contributed by atoms with Crippen LogP contribution in [0.4, 0.5) is 11.4 Å². The van der Waals surface area contributed by atoms with E-state index in [4.69, 9.17) is 9.47 Å². The van der Waals surface area contributed by atoms with Crippen LogP contribution in [0.3, 0.4) is 0 Å². The lowest BCUT2D eigenvalue weighted by molar-refractivity contribution is -0.384. The number of methoxy groups -OCH3 is 2. The van der Waals surface area contributed by atoms with Gasteiger partial charge < -0.3 is 19.7 Å². The van der Waals surface area contributed by atoms with Gasteiger partial charge in [-0.3, -0.25) is 19.7 Å². The van der Waals surface area contributed by atoms with Gasteiger partial charge in [0.1, 0.15) is 0 Å². The number of rotatable bonds is 8. The largest absolute Gasteiger partial charge is 0.493 e. The number of nitro benzene ring substituents is 1. The van der Waals surface area contributed by atoms with E-state index in [1.165, 1.54) is 18.2 Å². The van der Waals surface area contributed by atoms with E-state index in [1.54, 1.807) is 25.2 Å². The number of nitro groups is 1. The van der Waals surface area contributed by atoms with Crippen molar-refractivity contribution in [1.82, 2.24) is 4.90 Å². The van der Waals surface area contributed by atoms with Crippen molar-refractivity contribution < 1.29 is 24.0 Å². The summed E-state index contributed by atoms with van der Waals surface area (Å²) in [5, 5.41) is 13.5. The molecule has 1 N–H and O–H groups in total. The Bertz CT molecular complexity index is 962. The molecule has 1 atom stereocenters. The molecule has 1 heterocycles. The molecular formula is C21H23N3O6. The van der Waals surface area contributed by atoms with Gasteiger partial charge in [-0.1, -0.05) is 12.1 Å². The minimum absolute atomic E-state index is 0.0883. The lowest BCUT2D eigenvalue weighted by Gasteiger charge is -2.17. The topological polar surface area (TPSA) is 111 Å². The Balaban J connectivity index is 1.57. The molecule has 1 unspecified atom stereocenters. The quantitative estimate of drug-likeness (QED) is 0.526. The Kier molecular flexibility index (Phi) is 6.51. The fourth-order valence-electron chi connectivity index (χ4n) is 3.41. The molecule has 2 aromatic rings. The van der Waals surface area contributed by atoms with E-state index in [0.717, 1.165) is 5.56 Å². The predicted octanol–water partition coefficient (Wildman–Crippen LogP) is 2.64. The second-order valence-electron chi connectivity index (χ2n) is 6.98. The predicted molar refractivity (Wildman–Crippen MR) is 110 cm³/mol. The Labute approximate surface area is 173 Å². The fourth-order valence-corrected chi connectivity index (χ4v) is 3.41. The van der Waals surface area contributed by atoms with Gasteiger partial charge in [-0.15, -0.1) is 0 Å². The van der Waals surface area contributed by atoms with Gasteiger partial charge in [0, 0.05) is 37.3 Å². The third kappa shape index (κ3) is 4.86. The van der Waals surface area contributed by atoms with E-state index in [1.807, 2.05) is 18.2 Å². The van der Waals surface area contributed by atoms with Crippen LogP contribution in [0.2, 0.25) is 0 Å². The lowest BCUT2D eigenvalue weighted by Crippen LogP contribution is -2.30. The summed E-state index contributed by atoms with van der Waals surface area (Å²) in [4.78, 5) is 36.9. The summed E-state index contributed by atoms with van der Waals surface area (Å²) in [6.07, 6.45) is 0.734. The molecule has 2 aromatic carbocycles. The molecule has 2 amide bonds. The highest BCUT2D eigenvalue weighted by molar-refractivity contribution is 5.97. The van der Waals surface area contributed by atoms with Crippen LogP contribution >= 0.6 is 0 Å². The first-order valence-corrected chi connectivity index (χ1v) is 9.45. The normalized spacial score (nSPS) is 15.7. The zero-order valence-corrected chi connectivity index (χ0v) is 16.8. The van der Waals surface area contributed by atoms with Crippen molar-refractivity contribution in [2.45, 2.75) is 12.8 Å². The number of amides is 2. The number of ether oxygens (including phenoxy) is 2. The molecule has 1 fully saturated rings. The third-order valence-corrected chi connectivity index (χ3v) is 5.03. The average Bonchev–Trinajstić information content (AvgIpc) is 3.12. The Morgan fingerprint density at radius 1 is 1.20 bits per heavy atom. The zero-order chi connectivity index (χ0) is 21.7. The SMILES string of the molecule is COc1ccc(CCN2CC(C(=O)Nc3cccc([N+](=O)[O-])c3)CC2=O)cc1OC. The smallest absolute Gasteiger partial charge is 0.271 e. The van der Waals surface area contributed by atoms with Gasteiger partial charge in [0.05, 0.1) is 25.1 Å². The Hall–Kier alpha value is -3.62. The monoisotopic (exact) mass is 413 g/mol. The average molecular weight is 413 g/mol. The van der Waals surface area contributed by atoms with Gasteiger partial charge in [0.15, 0.2) is 11.5 Å². The molecule has 1 aliphatic rings. The van der Waals surface area contributed by atoms with Crippen LogP contribution in [-0.4, -0.2) is 48.9 Å².